The molecule has 1 saturated heterocycles. The lowest BCUT2D eigenvalue weighted by molar-refractivity contribution is 0.125. The second-order valence-electron chi connectivity index (χ2n) is 8.15. The van der Waals surface area contributed by atoms with Crippen LogP contribution in [0.5, 0.6) is 0 Å². The van der Waals surface area contributed by atoms with Crippen molar-refractivity contribution in [2.75, 3.05) is 26.2 Å². The standard InChI is InChI=1S/C20H32N2/c1-20(2,3)18-10-8-17(9-11-18)19(16-6-4-5-7-16)22-14-12-21-13-15-22/h8-11,16,19,21H,4-7,12-15H2,1-3H3/t19-/m1/s1. The minimum atomic E-state index is 0.246. The molecule has 1 aliphatic carbocycles. The summed E-state index contributed by atoms with van der Waals surface area (Å²) in [6.45, 7) is 11.6. The van der Waals surface area contributed by atoms with Crippen LogP contribution < -0.4 is 5.32 Å². The van der Waals surface area contributed by atoms with Gasteiger partial charge in [-0.25, -0.2) is 0 Å². The number of hydrogen-bond acceptors (Lipinski definition) is 2. The van der Waals surface area contributed by atoms with Gasteiger partial charge >= 0.3 is 0 Å². The van der Waals surface area contributed by atoms with Crippen molar-refractivity contribution >= 4 is 0 Å². The molecule has 122 valence electrons. The zero-order valence-electron chi connectivity index (χ0n) is 14.6. The van der Waals surface area contributed by atoms with E-state index in [4.69, 9.17) is 0 Å². The van der Waals surface area contributed by atoms with E-state index in [1.807, 2.05) is 0 Å². The molecule has 2 heteroatoms. The highest BCUT2D eigenvalue weighted by Crippen LogP contribution is 2.40. The number of hydrogen-bond donors (Lipinski definition) is 1. The summed E-state index contributed by atoms with van der Waals surface area (Å²) in [6.07, 6.45) is 5.67. The summed E-state index contributed by atoms with van der Waals surface area (Å²) in [5, 5.41) is 3.50. The molecule has 0 unspecified atom stereocenters. The minimum Gasteiger partial charge on any atom is -0.314 e. The normalized spacial score (nSPS) is 22.9. The second kappa shape index (κ2) is 6.72. The summed E-state index contributed by atoms with van der Waals surface area (Å²) in [7, 11) is 0. The van der Waals surface area contributed by atoms with Crippen LogP contribution in [0.4, 0.5) is 0 Å². The topological polar surface area (TPSA) is 15.3 Å². The maximum Gasteiger partial charge on any atom is 0.0377 e. The predicted molar refractivity (Wildman–Crippen MR) is 94.3 cm³/mol. The van der Waals surface area contributed by atoms with Crippen molar-refractivity contribution < 1.29 is 0 Å². The smallest absolute Gasteiger partial charge is 0.0377 e. The first kappa shape index (κ1) is 16.0. The Hall–Kier alpha value is -0.860. The molecule has 1 saturated carbocycles. The summed E-state index contributed by atoms with van der Waals surface area (Å²) in [6, 6.07) is 10.2. The average molecular weight is 300 g/mol. The Bertz CT molecular complexity index is 459. The first-order valence-electron chi connectivity index (χ1n) is 9.11. The molecule has 0 radical (unpaired) electrons. The molecule has 1 aromatic carbocycles. The Kier molecular flexibility index (Phi) is 4.89. The molecule has 1 aromatic rings. The first-order valence-corrected chi connectivity index (χ1v) is 9.11. The van der Waals surface area contributed by atoms with Crippen LogP contribution in [0.3, 0.4) is 0 Å². The largest absolute Gasteiger partial charge is 0.314 e. The summed E-state index contributed by atoms with van der Waals surface area (Å²) in [5.74, 6) is 0.860. The molecule has 1 atom stereocenters. The number of benzene rings is 1. The zero-order valence-corrected chi connectivity index (χ0v) is 14.6. The van der Waals surface area contributed by atoms with Crippen molar-refractivity contribution in [1.29, 1.82) is 0 Å². The maximum absolute atomic E-state index is 3.50. The molecule has 2 aliphatic rings. The van der Waals surface area contributed by atoms with Crippen LogP contribution in [-0.2, 0) is 5.41 Å². The lowest BCUT2D eigenvalue weighted by atomic mass is 9.84. The maximum atomic E-state index is 3.50. The molecule has 22 heavy (non-hydrogen) atoms. The van der Waals surface area contributed by atoms with Gasteiger partial charge in [0.25, 0.3) is 0 Å². The van der Waals surface area contributed by atoms with Crippen LogP contribution in [0.15, 0.2) is 24.3 Å². The fourth-order valence-electron chi connectivity index (χ4n) is 4.19. The van der Waals surface area contributed by atoms with Crippen LogP contribution in [-0.4, -0.2) is 31.1 Å². The van der Waals surface area contributed by atoms with Crippen molar-refractivity contribution in [1.82, 2.24) is 10.2 Å². The Morgan fingerprint density at radius 1 is 1.00 bits per heavy atom. The SMILES string of the molecule is CC(C)(C)c1ccc([C@@H](C2CCCC2)N2CCNCC2)cc1. The summed E-state index contributed by atoms with van der Waals surface area (Å²) in [4.78, 5) is 2.73. The molecule has 1 N–H and O–H groups in total. The number of rotatable bonds is 3. The number of nitrogens with one attached hydrogen (secondary N) is 1. The van der Waals surface area contributed by atoms with E-state index in [0.717, 1.165) is 19.0 Å². The molecule has 3 rings (SSSR count). The molecule has 0 aromatic heterocycles. The summed E-state index contributed by atoms with van der Waals surface area (Å²) in [5.41, 5.74) is 3.24. The van der Waals surface area contributed by atoms with Gasteiger partial charge in [-0.15, -0.1) is 0 Å². The molecule has 0 bridgehead atoms. The molecule has 2 nitrogen and oxygen atoms in total. The van der Waals surface area contributed by atoms with E-state index in [-0.39, 0.29) is 5.41 Å². The van der Waals surface area contributed by atoms with Gasteiger partial charge in [0.05, 0.1) is 0 Å². The Labute approximate surface area is 136 Å². The molecule has 0 amide bonds. The second-order valence-corrected chi connectivity index (χ2v) is 8.15. The van der Waals surface area contributed by atoms with E-state index in [9.17, 15) is 0 Å². The highest BCUT2D eigenvalue weighted by atomic mass is 15.2. The van der Waals surface area contributed by atoms with Gasteiger partial charge in [0.15, 0.2) is 0 Å². The molecule has 1 heterocycles. The lowest BCUT2D eigenvalue weighted by Crippen LogP contribution is -2.46. The van der Waals surface area contributed by atoms with Gasteiger partial charge in [0.2, 0.25) is 0 Å². The van der Waals surface area contributed by atoms with Gasteiger partial charge in [0, 0.05) is 32.2 Å². The van der Waals surface area contributed by atoms with Crippen LogP contribution in [0.25, 0.3) is 0 Å². The van der Waals surface area contributed by atoms with Crippen molar-refractivity contribution in [3.05, 3.63) is 35.4 Å². The van der Waals surface area contributed by atoms with Crippen molar-refractivity contribution in [2.24, 2.45) is 5.92 Å². The van der Waals surface area contributed by atoms with Crippen LogP contribution in [0.2, 0.25) is 0 Å². The van der Waals surface area contributed by atoms with Gasteiger partial charge < -0.3 is 5.32 Å². The van der Waals surface area contributed by atoms with E-state index in [2.05, 4.69) is 55.3 Å². The van der Waals surface area contributed by atoms with Gasteiger partial charge in [-0.1, -0.05) is 57.9 Å². The van der Waals surface area contributed by atoms with E-state index < -0.39 is 0 Å². The van der Waals surface area contributed by atoms with Gasteiger partial charge in [-0.2, -0.15) is 0 Å². The highest BCUT2D eigenvalue weighted by molar-refractivity contribution is 5.30. The fraction of sp³-hybridized carbons (Fsp3) is 0.700. The summed E-state index contributed by atoms with van der Waals surface area (Å²) >= 11 is 0. The average Bonchev–Trinajstić information content (AvgIpc) is 3.02. The van der Waals surface area contributed by atoms with Gasteiger partial charge in [-0.3, -0.25) is 4.90 Å². The van der Waals surface area contributed by atoms with E-state index in [1.165, 1.54) is 44.3 Å². The fourth-order valence-corrected chi connectivity index (χ4v) is 4.19. The number of piperazine rings is 1. The third-order valence-corrected chi connectivity index (χ3v) is 5.51. The zero-order chi connectivity index (χ0) is 15.6. The molecular weight excluding hydrogens is 268 g/mol. The lowest BCUT2D eigenvalue weighted by Gasteiger charge is -2.39. The highest BCUT2D eigenvalue weighted by Gasteiger charge is 2.31. The quantitative estimate of drug-likeness (QED) is 0.903. The molecule has 1 aliphatic heterocycles. The Balaban J connectivity index is 1.84. The van der Waals surface area contributed by atoms with Crippen molar-refractivity contribution in [2.45, 2.75) is 57.9 Å². The van der Waals surface area contributed by atoms with Crippen LogP contribution in [0, 0.1) is 5.92 Å². The van der Waals surface area contributed by atoms with Gasteiger partial charge in [-0.05, 0) is 35.3 Å². The number of nitrogens with zero attached hydrogens (tertiary/aromatic N) is 1. The third kappa shape index (κ3) is 3.55. The third-order valence-electron chi connectivity index (χ3n) is 5.51. The first-order chi connectivity index (χ1) is 10.6. The van der Waals surface area contributed by atoms with E-state index in [0.29, 0.717) is 6.04 Å². The molecule has 0 spiro atoms. The minimum absolute atomic E-state index is 0.246. The molecule has 2 fully saturated rings. The monoisotopic (exact) mass is 300 g/mol. The Morgan fingerprint density at radius 2 is 1.59 bits per heavy atom. The summed E-state index contributed by atoms with van der Waals surface area (Å²) < 4.78 is 0. The molecular formula is C20H32N2. The van der Waals surface area contributed by atoms with Crippen LogP contribution >= 0.6 is 0 Å². The van der Waals surface area contributed by atoms with E-state index in [1.54, 1.807) is 5.56 Å². The van der Waals surface area contributed by atoms with Gasteiger partial charge in [0.1, 0.15) is 0 Å². The van der Waals surface area contributed by atoms with Crippen LogP contribution in [0.1, 0.15) is 63.6 Å². The van der Waals surface area contributed by atoms with Crippen molar-refractivity contribution in [3.8, 4) is 0 Å². The Morgan fingerprint density at radius 3 is 2.14 bits per heavy atom. The van der Waals surface area contributed by atoms with E-state index >= 15 is 0 Å². The predicted octanol–water partition coefficient (Wildman–Crippen LogP) is 4.12. The van der Waals surface area contributed by atoms with Crippen molar-refractivity contribution in [3.63, 3.8) is 0 Å².